The minimum absolute atomic E-state index is 0.0756. The first kappa shape index (κ1) is 14.5. The van der Waals surface area contributed by atoms with Crippen LogP contribution in [0.2, 0.25) is 0 Å². The normalized spacial score (nSPS) is 9.86. The van der Waals surface area contributed by atoms with Gasteiger partial charge in [-0.25, -0.2) is 0 Å². The number of nitrogens with one attached hydrogen (secondary N) is 2. The fourth-order valence-electron chi connectivity index (χ4n) is 1.90. The molecule has 0 atom stereocenters. The van der Waals surface area contributed by atoms with Gasteiger partial charge >= 0.3 is 0 Å². The number of aromatic nitrogens is 1. The predicted octanol–water partition coefficient (Wildman–Crippen LogP) is 2.08. The van der Waals surface area contributed by atoms with Crippen molar-refractivity contribution in [3.8, 4) is 17.3 Å². The molecule has 0 spiro atoms. The molecule has 0 bridgehead atoms. The van der Waals surface area contributed by atoms with Crippen LogP contribution in [0.4, 0.5) is 0 Å². The lowest BCUT2D eigenvalue weighted by molar-refractivity contribution is 0.0952. The van der Waals surface area contributed by atoms with E-state index in [-0.39, 0.29) is 5.56 Å². The smallest absolute Gasteiger partial charge is 0.261 e. The van der Waals surface area contributed by atoms with Crippen LogP contribution in [0.5, 0.6) is 0 Å². The Balaban J connectivity index is 2.11. The molecule has 0 aliphatic carbocycles. The van der Waals surface area contributed by atoms with Crippen molar-refractivity contribution in [2.24, 2.45) is 0 Å². The molecule has 5 nitrogen and oxygen atoms in total. The third-order valence-electron chi connectivity index (χ3n) is 2.99. The number of carbonyl (C=O) groups excluding carboxylic acids is 1. The standard InChI is InChI=1S/C16H15N3O2/c17-10-4-5-11-18-15(20)13-8-9-14(19-16(13)21)12-6-2-1-3-7-12/h1-3,6-9H,4-5,11H2,(H,18,20)(H,19,21). The van der Waals surface area contributed by atoms with Gasteiger partial charge in [0, 0.05) is 18.7 Å². The third kappa shape index (κ3) is 3.80. The quantitative estimate of drug-likeness (QED) is 0.823. The molecule has 21 heavy (non-hydrogen) atoms. The average molecular weight is 281 g/mol. The molecule has 0 fully saturated rings. The van der Waals surface area contributed by atoms with Gasteiger partial charge < -0.3 is 10.3 Å². The number of hydrogen-bond acceptors (Lipinski definition) is 3. The Kier molecular flexibility index (Phi) is 4.89. The number of carbonyl (C=O) groups is 1. The van der Waals surface area contributed by atoms with Crippen molar-refractivity contribution in [2.75, 3.05) is 6.54 Å². The van der Waals surface area contributed by atoms with E-state index in [1.165, 1.54) is 6.07 Å². The Morgan fingerprint density at radius 3 is 2.62 bits per heavy atom. The first-order valence-electron chi connectivity index (χ1n) is 6.66. The number of hydrogen-bond donors (Lipinski definition) is 2. The first-order chi connectivity index (χ1) is 10.2. The SMILES string of the molecule is N#CCCCNC(=O)c1ccc(-c2ccccc2)[nH]c1=O. The number of rotatable bonds is 5. The predicted molar refractivity (Wildman–Crippen MR) is 79.7 cm³/mol. The van der Waals surface area contributed by atoms with Crippen LogP contribution in [0.15, 0.2) is 47.3 Å². The molecule has 0 radical (unpaired) electrons. The summed E-state index contributed by atoms with van der Waals surface area (Å²) in [4.78, 5) is 26.5. The van der Waals surface area contributed by atoms with Crippen LogP contribution in [0.25, 0.3) is 11.3 Å². The highest BCUT2D eigenvalue weighted by Gasteiger charge is 2.10. The van der Waals surface area contributed by atoms with Crippen molar-refractivity contribution in [1.82, 2.24) is 10.3 Å². The van der Waals surface area contributed by atoms with Crippen molar-refractivity contribution in [3.63, 3.8) is 0 Å². The molecule has 2 N–H and O–H groups in total. The minimum atomic E-state index is -0.422. The molecule has 5 heteroatoms. The summed E-state index contributed by atoms with van der Waals surface area (Å²) in [6, 6.07) is 14.6. The molecule has 1 aromatic heterocycles. The van der Waals surface area contributed by atoms with Crippen molar-refractivity contribution in [3.05, 3.63) is 58.4 Å². The summed E-state index contributed by atoms with van der Waals surface area (Å²) in [5.74, 6) is -0.422. The Hall–Kier alpha value is -2.87. The summed E-state index contributed by atoms with van der Waals surface area (Å²) < 4.78 is 0. The number of H-pyrrole nitrogens is 1. The molecule has 106 valence electrons. The molecule has 0 saturated heterocycles. The molecule has 0 saturated carbocycles. The van der Waals surface area contributed by atoms with Gasteiger partial charge in [-0.15, -0.1) is 0 Å². The third-order valence-corrected chi connectivity index (χ3v) is 2.99. The lowest BCUT2D eigenvalue weighted by Gasteiger charge is -2.05. The van der Waals surface area contributed by atoms with E-state index < -0.39 is 11.5 Å². The summed E-state index contributed by atoms with van der Waals surface area (Å²) in [5.41, 5.74) is 1.21. The number of aromatic amines is 1. The van der Waals surface area contributed by atoms with Gasteiger partial charge in [-0.05, 0) is 24.1 Å². The minimum Gasteiger partial charge on any atom is -0.352 e. The Morgan fingerprint density at radius 2 is 1.95 bits per heavy atom. The number of amides is 1. The summed E-state index contributed by atoms with van der Waals surface area (Å²) >= 11 is 0. The highest BCUT2D eigenvalue weighted by Crippen LogP contribution is 2.14. The van der Waals surface area contributed by atoms with E-state index in [1.807, 2.05) is 36.4 Å². The molecule has 2 aromatic rings. The van der Waals surface area contributed by atoms with Gasteiger partial charge in [0.1, 0.15) is 5.56 Å². The fourth-order valence-corrected chi connectivity index (χ4v) is 1.90. The van der Waals surface area contributed by atoms with E-state index in [0.717, 1.165) is 5.56 Å². The monoisotopic (exact) mass is 281 g/mol. The number of nitriles is 1. The van der Waals surface area contributed by atoms with Crippen LogP contribution in [-0.2, 0) is 0 Å². The van der Waals surface area contributed by atoms with E-state index in [0.29, 0.717) is 25.1 Å². The van der Waals surface area contributed by atoms with Crippen molar-refractivity contribution >= 4 is 5.91 Å². The zero-order chi connectivity index (χ0) is 15.1. The molecule has 0 aliphatic heterocycles. The van der Waals surface area contributed by atoms with E-state index in [4.69, 9.17) is 5.26 Å². The zero-order valence-electron chi connectivity index (χ0n) is 11.4. The molecule has 1 heterocycles. The van der Waals surface area contributed by atoms with Gasteiger partial charge in [0.15, 0.2) is 0 Å². The number of nitrogens with zero attached hydrogens (tertiary/aromatic N) is 1. The molecule has 0 unspecified atom stereocenters. The van der Waals surface area contributed by atoms with Crippen LogP contribution in [0.3, 0.4) is 0 Å². The summed E-state index contributed by atoms with van der Waals surface area (Å²) in [6.07, 6.45) is 0.950. The van der Waals surface area contributed by atoms with Crippen molar-refractivity contribution < 1.29 is 4.79 Å². The van der Waals surface area contributed by atoms with E-state index in [9.17, 15) is 9.59 Å². The van der Waals surface area contributed by atoms with Gasteiger partial charge in [0.2, 0.25) is 0 Å². The second-order valence-electron chi connectivity index (χ2n) is 4.50. The Bertz CT molecular complexity index is 714. The van der Waals surface area contributed by atoms with E-state index >= 15 is 0 Å². The maximum absolute atomic E-state index is 12.0. The van der Waals surface area contributed by atoms with Gasteiger partial charge in [-0.3, -0.25) is 9.59 Å². The Labute approximate surface area is 122 Å². The maximum Gasteiger partial charge on any atom is 0.261 e. The maximum atomic E-state index is 12.0. The van der Waals surface area contributed by atoms with Gasteiger partial charge in [0.05, 0.1) is 6.07 Å². The summed E-state index contributed by atoms with van der Waals surface area (Å²) in [5, 5.41) is 11.0. The number of benzene rings is 1. The van der Waals surface area contributed by atoms with E-state index in [1.54, 1.807) is 6.07 Å². The van der Waals surface area contributed by atoms with Crippen LogP contribution >= 0.6 is 0 Å². The largest absolute Gasteiger partial charge is 0.352 e. The van der Waals surface area contributed by atoms with Crippen LogP contribution in [0.1, 0.15) is 23.2 Å². The second-order valence-corrected chi connectivity index (χ2v) is 4.50. The highest BCUT2D eigenvalue weighted by atomic mass is 16.2. The molecule has 1 amide bonds. The average Bonchev–Trinajstić information content (AvgIpc) is 2.52. The molecular formula is C16H15N3O2. The number of pyridine rings is 1. The molecule has 2 rings (SSSR count). The highest BCUT2D eigenvalue weighted by molar-refractivity contribution is 5.94. The second kappa shape index (κ2) is 7.06. The van der Waals surface area contributed by atoms with Gasteiger partial charge in [0.25, 0.3) is 11.5 Å². The van der Waals surface area contributed by atoms with Gasteiger partial charge in [-0.1, -0.05) is 30.3 Å². The molecule has 1 aromatic carbocycles. The van der Waals surface area contributed by atoms with Crippen LogP contribution < -0.4 is 10.9 Å². The zero-order valence-corrected chi connectivity index (χ0v) is 11.4. The lowest BCUT2D eigenvalue weighted by atomic mass is 10.1. The molecule has 0 aliphatic rings. The van der Waals surface area contributed by atoms with E-state index in [2.05, 4.69) is 10.3 Å². The number of unbranched alkanes of at least 4 members (excludes halogenated alkanes) is 1. The topological polar surface area (TPSA) is 85.8 Å². The molecular weight excluding hydrogens is 266 g/mol. The lowest BCUT2D eigenvalue weighted by Crippen LogP contribution is -2.30. The van der Waals surface area contributed by atoms with Crippen molar-refractivity contribution in [1.29, 1.82) is 5.26 Å². The fraction of sp³-hybridized carbons (Fsp3) is 0.188. The summed E-state index contributed by atoms with van der Waals surface area (Å²) in [7, 11) is 0. The van der Waals surface area contributed by atoms with Crippen LogP contribution in [0, 0.1) is 11.3 Å². The summed E-state index contributed by atoms with van der Waals surface area (Å²) in [6.45, 7) is 0.381. The van der Waals surface area contributed by atoms with Gasteiger partial charge in [-0.2, -0.15) is 5.26 Å². The first-order valence-corrected chi connectivity index (χ1v) is 6.66. The van der Waals surface area contributed by atoms with Crippen LogP contribution in [-0.4, -0.2) is 17.4 Å². The van der Waals surface area contributed by atoms with Crippen molar-refractivity contribution in [2.45, 2.75) is 12.8 Å². The Morgan fingerprint density at radius 1 is 1.19 bits per heavy atom.